The highest BCUT2D eigenvalue weighted by atomic mass is 79.9. The van der Waals surface area contributed by atoms with E-state index in [0.717, 1.165) is 18.7 Å². The number of allylic oxidation sites excluding steroid dienone is 1. The number of unbranched alkanes of at least 4 members (excludes halogenated alkanes) is 1. The lowest BCUT2D eigenvalue weighted by atomic mass is 9.74. The van der Waals surface area contributed by atoms with Crippen molar-refractivity contribution in [3.05, 3.63) is 58.6 Å². The summed E-state index contributed by atoms with van der Waals surface area (Å²) in [6.07, 6.45) is 5.71. The summed E-state index contributed by atoms with van der Waals surface area (Å²) in [7, 11) is 1.71. The van der Waals surface area contributed by atoms with Gasteiger partial charge in [0.2, 0.25) is 17.7 Å². The van der Waals surface area contributed by atoms with Crippen molar-refractivity contribution in [2.75, 3.05) is 66.1 Å². The molecule has 0 radical (unpaired) electrons. The molecule has 5 aliphatic rings. The number of cyclic esters (lactones) is 1. The number of hydrogen-bond donors (Lipinski definition) is 1. The number of halogens is 1. The number of amides is 3. The summed E-state index contributed by atoms with van der Waals surface area (Å²) in [6.45, 7) is 6.17. The number of nitrogens with zero attached hydrogens (tertiary/aromatic N) is 4. The normalized spacial score (nSPS) is 33.6. The molecule has 0 aromatic heterocycles. The number of carbonyl (C=O) groups is 4. The van der Waals surface area contributed by atoms with Crippen LogP contribution in [0.4, 0.5) is 0 Å². The predicted molar refractivity (Wildman–Crippen MR) is 183 cm³/mol. The van der Waals surface area contributed by atoms with Crippen LogP contribution in [-0.4, -0.2) is 138 Å². The summed E-state index contributed by atoms with van der Waals surface area (Å²) in [5.41, 5.74) is -0.655. The highest BCUT2D eigenvalue weighted by Crippen LogP contribution is 2.59. The van der Waals surface area contributed by atoms with Crippen LogP contribution in [0.15, 0.2) is 53.0 Å². The second-order valence-corrected chi connectivity index (χ2v) is 14.5. The van der Waals surface area contributed by atoms with E-state index in [1.807, 2.05) is 55.5 Å². The number of likely N-dealkylation sites (N-methyl/N-ethyl adjacent to an activating group) is 1. The van der Waals surface area contributed by atoms with Gasteiger partial charge in [0.15, 0.2) is 0 Å². The first kappa shape index (κ1) is 35.7. The molecular formula is C36H47BrN4O8. The quantitative estimate of drug-likeness (QED) is 0.243. The summed E-state index contributed by atoms with van der Waals surface area (Å²) >= 11 is 3.63. The Hall–Kier alpha value is -3.10. The minimum absolute atomic E-state index is 0.0410. The van der Waals surface area contributed by atoms with Gasteiger partial charge in [0.25, 0.3) is 0 Å². The Morgan fingerprint density at radius 1 is 0.959 bits per heavy atom. The zero-order valence-electron chi connectivity index (χ0n) is 28.2. The third-order valence-corrected chi connectivity index (χ3v) is 11.4. The zero-order valence-corrected chi connectivity index (χ0v) is 29.8. The Labute approximate surface area is 296 Å². The maximum atomic E-state index is 14.9. The number of aliphatic hydroxyl groups is 1. The van der Waals surface area contributed by atoms with Crippen molar-refractivity contribution in [3.8, 4) is 0 Å². The number of carbonyl (C=O) groups excluding carboxylic acids is 4. The number of esters is 1. The average molecular weight is 744 g/mol. The number of ether oxygens (including phenoxy) is 3. The summed E-state index contributed by atoms with van der Waals surface area (Å²) in [4.78, 5) is 64.3. The van der Waals surface area contributed by atoms with Crippen molar-refractivity contribution in [1.82, 2.24) is 19.6 Å². The number of rotatable bonds is 8. The van der Waals surface area contributed by atoms with Crippen LogP contribution in [-0.2, 0) is 33.4 Å². The molecule has 5 bridgehead atoms. The van der Waals surface area contributed by atoms with Gasteiger partial charge in [-0.15, -0.1) is 0 Å². The molecule has 0 saturated carbocycles. The largest absolute Gasteiger partial charge is 0.455 e. The molecule has 3 fully saturated rings. The van der Waals surface area contributed by atoms with Crippen molar-refractivity contribution >= 4 is 39.6 Å². The van der Waals surface area contributed by atoms with Crippen molar-refractivity contribution in [1.29, 1.82) is 0 Å². The summed E-state index contributed by atoms with van der Waals surface area (Å²) < 4.78 is 19.1. The van der Waals surface area contributed by atoms with E-state index in [1.54, 1.807) is 21.7 Å². The molecule has 12 nitrogen and oxygen atoms in total. The van der Waals surface area contributed by atoms with Crippen LogP contribution in [0.5, 0.6) is 0 Å². The maximum Gasteiger partial charge on any atom is 0.313 e. The Morgan fingerprint density at radius 2 is 1.71 bits per heavy atom. The van der Waals surface area contributed by atoms with Crippen molar-refractivity contribution < 1.29 is 38.5 Å². The van der Waals surface area contributed by atoms with E-state index in [-0.39, 0.29) is 43.8 Å². The summed E-state index contributed by atoms with van der Waals surface area (Å²) in [5.74, 6) is -3.30. The SMILES string of the molecule is C[C@@H]1[C@@H](c2ccccc2)OC(=O)[C@@H]2[C@H]3O[C@@]4(C=C3Br)[C@H](C(=O)N(CCN3CCOCC3)C/C=C\CCC(=O)N1C)N(CCCCO)C(=O)[C@@H]24. The fourth-order valence-corrected chi connectivity index (χ4v) is 8.61. The lowest BCUT2D eigenvalue weighted by molar-refractivity contribution is -0.164. The minimum Gasteiger partial charge on any atom is -0.455 e. The Balaban J connectivity index is 1.40. The molecule has 7 atom stereocenters. The molecule has 6 rings (SSSR count). The summed E-state index contributed by atoms with van der Waals surface area (Å²) in [6, 6.07) is 7.77. The first-order chi connectivity index (χ1) is 23.7. The molecule has 1 aromatic rings. The number of likely N-dealkylation sites (tertiary alicyclic amines) is 1. The molecular weight excluding hydrogens is 696 g/mol. The molecule has 3 saturated heterocycles. The highest BCUT2D eigenvalue weighted by Gasteiger charge is 2.75. The maximum absolute atomic E-state index is 14.9. The van der Waals surface area contributed by atoms with E-state index in [4.69, 9.17) is 14.2 Å². The molecule has 5 aliphatic heterocycles. The molecule has 1 spiro atoms. The van der Waals surface area contributed by atoms with E-state index in [1.165, 1.54) is 0 Å². The molecule has 0 aliphatic carbocycles. The van der Waals surface area contributed by atoms with Crippen LogP contribution in [0.1, 0.15) is 44.3 Å². The van der Waals surface area contributed by atoms with Crippen LogP contribution in [0.3, 0.4) is 0 Å². The van der Waals surface area contributed by atoms with Gasteiger partial charge in [-0.3, -0.25) is 24.1 Å². The van der Waals surface area contributed by atoms with E-state index in [0.29, 0.717) is 50.0 Å². The fraction of sp³-hybridized carbons (Fsp3) is 0.611. The molecule has 3 amide bonds. The van der Waals surface area contributed by atoms with E-state index >= 15 is 0 Å². The number of fused-ring (bicyclic) bond motifs is 2. The van der Waals surface area contributed by atoms with Crippen LogP contribution in [0.25, 0.3) is 0 Å². The van der Waals surface area contributed by atoms with E-state index in [9.17, 15) is 24.3 Å². The molecule has 5 heterocycles. The average Bonchev–Trinajstić information content (AvgIpc) is 3.70. The molecule has 0 unspecified atom stereocenters. The van der Waals surface area contributed by atoms with Crippen LogP contribution >= 0.6 is 15.9 Å². The van der Waals surface area contributed by atoms with E-state index in [2.05, 4.69) is 20.8 Å². The Bertz CT molecular complexity index is 1450. The lowest BCUT2D eigenvalue weighted by Crippen LogP contribution is -2.57. The van der Waals surface area contributed by atoms with Gasteiger partial charge in [0.1, 0.15) is 29.8 Å². The van der Waals surface area contributed by atoms with Crippen LogP contribution < -0.4 is 0 Å². The molecule has 13 heteroatoms. The first-order valence-corrected chi connectivity index (χ1v) is 18.2. The topological polar surface area (TPSA) is 129 Å². The van der Waals surface area contributed by atoms with Crippen molar-refractivity contribution in [2.45, 2.75) is 62.5 Å². The molecule has 1 N–H and O–H groups in total. The van der Waals surface area contributed by atoms with Crippen LogP contribution in [0.2, 0.25) is 0 Å². The van der Waals surface area contributed by atoms with Gasteiger partial charge in [0.05, 0.1) is 25.2 Å². The molecule has 49 heavy (non-hydrogen) atoms. The number of benzene rings is 1. The third-order valence-electron chi connectivity index (χ3n) is 10.7. The number of morpholine rings is 1. The Kier molecular flexibility index (Phi) is 11.2. The lowest BCUT2D eigenvalue weighted by Gasteiger charge is -2.37. The van der Waals surface area contributed by atoms with E-state index < -0.39 is 47.7 Å². The minimum atomic E-state index is -1.38. The Morgan fingerprint density at radius 3 is 2.45 bits per heavy atom. The van der Waals surface area contributed by atoms with Crippen molar-refractivity contribution in [2.24, 2.45) is 11.8 Å². The van der Waals surface area contributed by atoms with Crippen LogP contribution in [0, 0.1) is 11.8 Å². The second kappa shape index (κ2) is 15.4. The second-order valence-electron chi connectivity index (χ2n) is 13.6. The molecule has 1 aromatic carbocycles. The third kappa shape index (κ3) is 6.97. The standard InChI is InChI=1S/C36H47BrN4O8/c1-24-30(25-11-5-3-6-12-25)48-35(46)28-29-33(44)41(15-9-10-20-42)32(36(29)23-26(37)31(28)49-36)34(45)40(17-16-39-18-21-47-22-19-39)14-8-4-7-13-27(43)38(24)2/h3-6,8,11-12,23-24,28-32,42H,7,9-10,13-22H2,1-2H3/b8-4-/t24-,28+,29-,30+,31+,32+,36-/m1/s1. The van der Waals surface area contributed by atoms with Gasteiger partial charge in [-0.25, -0.2) is 0 Å². The van der Waals surface area contributed by atoms with Gasteiger partial charge in [0, 0.05) is 63.8 Å². The number of aliphatic hydroxyl groups excluding tert-OH is 1. The van der Waals surface area contributed by atoms with Crippen molar-refractivity contribution in [3.63, 3.8) is 0 Å². The monoisotopic (exact) mass is 742 g/mol. The smallest absolute Gasteiger partial charge is 0.313 e. The molecule has 266 valence electrons. The number of hydrogen-bond acceptors (Lipinski definition) is 9. The fourth-order valence-electron chi connectivity index (χ4n) is 7.88. The predicted octanol–water partition coefficient (Wildman–Crippen LogP) is 2.27. The first-order valence-electron chi connectivity index (χ1n) is 17.4. The van der Waals surface area contributed by atoms with Gasteiger partial charge in [-0.05, 0) is 37.8 Å². The van der Waals surface area contributed by atoms with Gasteiger partial charge in [-0.2, -0.15) is 0 Å². The zero-order chi connectivity index (χ0) is 34.7. The summed E-state index contributed by atoms with van der Waals surface area (Å²) in [5, 5.41) is 9.56. The van der Waals surface area contributed by atoms with Gasteiger partial charge < -0.3 is 34.0 Å². The van der Waals surface area contributed by atoms with Gasteiger partial charge >= 0.3 is 5.97 Å². The highest BCUT2D eigenvalue weighted by molar-refractivity contribution is 9.11. The van der Waals surface area contributed by atoms with Gasteiger partial charge in [-0.1, -0.05) is 58.4 Å².